The molecule has 0 radical (unpaired) electrons. The zero-order valence-corrected chi connectivity index (χ0v) is 15.1. The predicted octanol–water partition coefficient (Wildman–Crippen LogP) is 2.80. The number of carbonyl (C=O) groups is 1. The van der Waals surface area contributed by atoms with Crippen molar-refractivity contribution < 1.29 is 14.6 Å². The molecular weight excluding hydrogens is 372 g/mol. The Labute approximate surface area is 165 Å². The van der Waals surface area contributed by atoms with Crippen LogP contribution >= 0.6 is 0 Å². The van der Waals surface area contributed by atoms with Crippen molar-refractivity contribution in [2.24, 2.45) is 0 Å². The number of H-pyrrole nitrogens is 1. The van der Waals surface area contributed by atoms with E-state index in [9.17, 15) is 9.90 Å². The van der Waals surface area contributed by atoms with E-state index < -0.39 is 0 Å². The normalized spacial score (nSPS) is 10.5. The fourth-order valence-corrected chi connectivity index (χ4v) is 2.63. The van der Waals surface area contributed by atoms with E-state index >= 15 is 0 Å². The van der Waals surface area contributed by atoms with E-state index in [0.29, 0.717) is 23.9 Å². The van der Waals surface area contributed by atoms with Gasteiger partial charge < -0.3 is 15.2 Å². The number of hydrogen-bond acceptors (Lipinski definition) is 7. The van der Waals surface area contributed by atoms with Crippen molar-refractivity contribution >= 4 is 11.6 Å². The number of aromatic hydroxyl groups is 1. The minimum atomic E-state index is -0.380. The molecule has 0 saturated carbocycles. The molecule has 0 aliphatic carbocycles. The highest BCUT2D eigenvalue weighted by atomic mass is 16.5. The van der Waals surface area contributed by atoms with E-state index in [1.165, 1.54) is 18.3 Å². The van der Waals surface area contributed by atoms with Gasteiger partial charge in [0.1, 0.15) is 23.8 Å². The van der Waals surface area contributed by atoms with Crippen molar-refractivity contribution in [1.82, 2.24) is 25.6 Å². The van der Waals surface area contributed by atoms with Crippen molar-refractivity contribution in [3.05, 3.63) is 78.1 Å². The van der Waals surface area contributed by atoms with Gasteiger partial charge in [0, 0.05) is 17.3 Å². The lowest BCUT2D eigenvalue weighted by Gasteiger charge is -2.10. The van der Waals surface area contributed by atoms with Gasteiger partial charge in [-0.1, -0.05) is 24.3 Å². The number of rotatable bonds is 6. The Hall–Kier alpha value is -4.27. The molecule has 9 heteroatoms. The average Bonchev–Trinajstić information content (AvgIpc) is 3.28. The number of tetrazole rings is 1. The molecule has 0 spiro atoms. The first-order valence-corrected chi connectivity index (χ1v) is 8.69. The monoisotopic (exact) mass is 388 g/mol. The first kappa shape index (κ1) is 18.1. The van der Waals surface area contributed by atoms with Crippen LogP contribution in [-0.2, 0) is 6.61 Å². The summed E-state index contributed by atoms with van der Waals surface area (Å²) in [6.07, 6.45) is 1.22. The lowest BCUT2D eigenvalue weighted by Crippen LogP contribution is -2.13. The maximum atomic E-state index is 12.3. The van der Waals surface area contributed by atoms with E-state index in [0.717, 1.165) is 11.1 Å². The lowest BCUT2D eigenvalue weighted by atomic mass is 10.1. The number of nitrogens with zero attached hydrogens (tertiary/aromatic N) is 4. The van der Waals surface area contributed by atoms with Crippen molar-refractivity contribution in [2.45, 2.75) is 6.61 Å². The maximum absolute atomic E-state index is 12.3. The Bertz CT molecular complexity index is 1110. The second-order valence-electron chi connectivity index (χ2n) is 6.11. The number of ether oxygens (including phenoxy) is 1. The van der Waals surface area contributed by atoms with Gasteiger partial charge in [0.05, 0.1) is 6.20 Å². The largest absolute Gasteiger partial charge is 0.506 e. The van der Waals surface area contributed by atoms with Crippen molar-refractivity contribution in [3.8, 4) is 22.9 Å². The fraction of sp³-hybridized carbons (Fsp3) is 0.0500. The summed E-state index contributed by atoms with van der Waals surface area (Å²) >= 11 is 0. The zero-order valence-electron chi connectivity index (χ0n) is 15.1. The third-order valence-corrected chi connectivity index (χ3v) is 4.01. The Morgan fingerprint density at radius 2 is 2.00 bits per heavy atom. The van der Waals surface area contributed by atoms with Gasteiger partial charge in [0.15, 0.2) is 0 Å². The SMILES string of the molecule is O=C(Nc1cccc(OCc2cccc(-c3nn[nH]n3)c2)c1)c1ccc(O)cn1. The Morgan fingerprint density at radius 1 is 1.10 bits per heavy atom. The molecule has 29 heavy (non-hydrogen) atoms. The molecule has 144 valence electrons. The van der Waals surface area contributed by atoms with Crippen LogP contribution in [-0.4, -0.2) is 36.6 Å². The van der Waals surface area contributed by atoms with E-state index in [4.69, 9.17) is 4.74 Å². The van der Waals surface area contributed by atoms with Crippen molar-refractivity contribution in [2.75, 3.05) is 5.32 Å². The molecular formula is C20H16N6O3. The number of aromatic amines is 1. The molecule has 0 atom stereocenters. The van der Waals surface area contributed by atoms with Gasteiger partial charge in [0.2, 0.25) is 5.82 Å². The topological polar surface area (TPSA) is 126 Å². The molecule has 0 aliphatic heterocycles. The van der Waals surface area contributed by atoms with Crippen molar-refractivity contribution in [3.63, 3.8) is 0 Å². The summed E-state index contributed by atoms with van der Waals surface area (Å²) in [5.41, 5.74) is 2.55. The number of amides is 1. The van der Waals surface area contributed by atoms with Crippen LogP contribution in [0.2, 0.25) is 0 Å². The standard InChI is InChI=1S/C20H16N6O3/c27-16-7-8-18(21-11-16)20(28)22-15-5-2-6-17(10-15)29-12-13-3-1-4-14(9-13)19-23-25-26-24-19/h1-11,27H,12H2,(H,22,28)(H,23,24,25,26). The molecule has 9 nitrogen and oxygen atoms in total. The highest BCUT2D eigenvalue weighted by Crippen LogP contribution is 2.21. The number of hydrogen-bond donors (Lipinski definition) is 3. The van der Waals surface area contributed by atoms with Gasteiger partial charge in [-0.15, -0.1) is 10.2 Å². The molecule has 0 saturated heterocycles. The number of aromatic nitrogens is 5. The molecule has 2 aromatic carbocycles. The third kappa shape index (κ3) is 4.53. The van der Waals surface area contributed by atoms with E-state index in [2.05, 4.69) is 30.9 Å². The Morgan fingerprint density at radius 3 is 2.79 bits per heavy atom. The summed E-state index contributed by atoms with van der Waals surface area (Å²) < 4.78 is 5.84. The van der Waals surface area contributed by atoms with Crippen molar-refractivity contribution in [1.29, 1.82) is 0 Å². The molecule has 2 heterocycles. The number of benzene rings is 2. The molecule has 4 rings (SSSR count). The summed E-state index contributed by atoms with van der Waals surface area (Å²) in [5.74, 6) is 0.737. The van der Waals surface area contributed by atoms with Gasteiger partial charge in [-0.2, -0.15) is 5.21 Å². The van der Waals surface area contributed by atoms with Gasteiger partial charge in [-0.05, 0) is 41.1 Å². The second kappa shape index (κ2) is 8.17. The summed E-state index contributed by atoms with van der Waals surface area (Å²) in [6.45, 7) is 0.336. The average molecular weight is 388 g/mol. The van der Waals surface area contributed by atoms with Crippen LogP contribution in [0.25, 0.3) is 11.4 Å². The molecule has 4 aromatic rings. The fourth-order valence-electron chi connectivity index (χ4n) is 2.63. The molecule has 3 N–H and O–H groups in total. The summed E-state index contributed by atoms with van der Waals surface area (Å²) in [6, 6.07) is 17.6. The molecule has 0 bridgehead atoms. The molecule has 0 unspecified atom stereocenters. The lowest BCUT2D eigenvalue weighted by molar-refractivity contribution is 0.102. The first-order chi connectivity index (χ1) is 14.2. The molecule has 1 amide bonds. The van der Waals surface area contributed by atoms with E-state index in [1.807, 2.05) is 24.3 Å². The summed E-state index contributed by atoms with van der Waals surface area (Å²) in [5, 5.41) is 25.9. The van der Waals surface area contributed by atoms with Gasteiger partial charge in [0.25, 0.3) is 5.91 Å². The Kier molecular flexibility index (Phi) is 5.10. The number of pyridine rings is 1. The van der Waals surface area contributed by atoms with E-state index in [1.54, 1.807) is 24.3 Å². The van der Waals surface area contributed by atoms with E-state index in [-0.39, 0.29) is 17.4 Å². The van der Waals surface area contributed by atoms with Gasteiger partial charge >= 0.3 is 0 Å². The molecule has 0 fully saturated rings. The van der Waals surface area contributed by atoms with Gasteiger partial charge in [-0.3, -0.25) is 4.79 Å². The molecule has 2 aromatic heterocycles. The minimum Gasteiger partial charge on any atom is -0.506 e. The highest BCUT2D eigenvalue weighted by Gasteiger charge is 2.09. The van der Waals surface area contributed by atoms with Crippen LogP contribution in [0.1, 0.15) is 16.1 Å². The van der Waals surface area contributed by atoms with Crippen LogP contribution in [0, 0.1) is 0 Å². The summed E-state index contributed by atoms with van der Waals surface area (Å²) in [4.78, 5) is 16.1. The van der Waals surface area contributed by atoms with Gasteiger partial charge in [-0.25, -0.2) is 4.98 Å². The smallest absolute Gasteiger partial charge is 0.274 e. The number of anilines is 1. The molecule has 0 aliphatic rings. The minimum absolute atomic E-state index is 0.000323. The third-order valence-electron chi connectivity index (χ3n) is 4.01. The maximum Gasteiger partial charge on any atom is 0.274 e. The van der Waals surface area contributed by atoms with Crippen LogP contribution in [0.5, 0.6) is 11.5 Å². The van der Waals surface area contributed by atoms with Crippen LogP contribution in [0.15, 0.2) is 66.9 Å². The second-order valence-corrected chi connectivity index (χ2v) is 6.11. The van der Waals surface area contributed by atoms with Crippen LogP contribution in [0.3, 0.4) is 0 Å². The predicted molar refractivity (Wildman–Crippen MR) is 104 cm³/mol. The van der Waals surface area contributed by atoms with Crippen LogP contribution in [0.4, 0.5) is 5.69 Å². The van der Waals surface area contributed by atoms with Crippen LogP contribution < -0.4 is 10.1 Å². The highest BCUT2D eigenvalue weighted by molar-refractivity contribution is 6.02. The Balaban J connectivity index is 1.41. The summed E-state index contributed by atoms with van der Waals surface area (Å²) in [7, 11) is 0. The number of carbonyl (C=O) groups excluding carboxylic acids is 1. The zero-order chi connectivity index (χ0) is 20.1. The number of nitrogens with one attached hydrogen (secondary N) is 2. The first-order valence-electron chi connectivity index (χ1n) is 8.69. The quantitative estimate of drug-likeness (QED) is 0.464.